The molecule has 8 heteroatoms. The summed E-state index contributed by atoms with van der Waals surface area (Å²) in [6, 6.07) is 11.2. The van der Waals surface area contributed by atoms with Crippen LogP contribution in [-0.2, 0) is 4.79 Å². The van der Waals surface area contributed by atoms with Crippen LogP contribution in [0.25, 0.3) is 10.6 Å². The first kappa shape index (κ1) is 16.1. The van der Waals surface area contributed by atoms with Crippen molar-refractivity contribution in [3.63, 3.8) is 0 Å². The lowest BCUT2D eigenvalue weighted by atomic mass is 10.2. The number of carbonyl (C=O) groups is 1. The lowest BCUT2D eigenvalue weighted by Crippen LogP contribution is -2.16. The van der Waals surface area contributed by atoms with Gasteiger partial charge in [-0.3, -0.25) is 10.1 Å². The van der Waals surface area contributed by atoms with Crippen molar-refractivity contribution in [1.29, 1.82) is 5.26 Å². The number of thioether (sulfide) groups is 1. The van der Waals surface area contributed by atoms with Crippen molar-refractivity contribution in [3.05, 3.63) is 53.7 Å². The van der Waals surface area contributed by atoms with E-state index in [9.17, 15) is 10.1 Å². The van der Waals surface area contributed by atoms with Crippen LogP contribution in [0, 0.1) is 11.3 Å². The Bertz CT molecular complexity index is 875. The van der Waals surface area contributed by atoms with Gasteiger partial charge in [0.1, 0.15) is 11.1 Å². The number of amides is 1. The lowest BCUT2D eigenvalue weighted by molar-refractivity contribution is -0.113. The molecule has 0 aliphatic rings. The molecule has 0 saturated heterocycles. The fourth-order valence-electron chi connectivity index (χ4n) is 1.86. The fourth-order valence-corrected chi connectivity index (χ4v) is 3.32. The van der Waals surface area contributed by atoms with Crippen LogP contribution in [0.3, 0.4) is 0 Å². The Morgan fingerprint density at radius 3 is 2.79 bits per heavy atom. The maximum atomic E-state index is 12.0. The molecule has 24 heavy (non-hydrogen) atoms. The fraction of sp³-hybridized carbons (Fsp3) is 0.0625. The molecule has 0 bridgehead atoms. The molecule has 0 fully saturated rings. The lowest BCUT2D eigenvalue weighted by Gasteiger charge is -2.06. The maximum Gasteiger partial charge on any atom is 0.237 e. The van der Waals surface area contributed by atoms with Crippen LogP contribution >= 0.6 is 23.1 Å². The molecule has 0 spiro atoms. The SMILES string of the molecule is N#Cc1ccc(-c2cccs2)nc1SCC(=O)Nc1ncccn1. The highest BCUT2D eigenvalue weighted by molar-refractivity contribution is 8.00. The number of rotatable bonds is 5. The summed E-state index contributed by atoms with van der Waals surface area (Å²) in [4.78, 5) is 25.4. The second kappa shape index (κ2) is 7.68. The molecule has 3 heterocycles. The van der Waals surface area contributed by atoms with Crippen LogP contribution in [-0.4, -0.2) is 26.6 Å². The molecule has 0 radical (unpaired) electrons. The van der Waals surface area contributed by atoms with Gasteiger partial charge in [0.15, 0.2) is 0 Å². The van der Waals surface area contributed by atoms with Crippen molar-refractivity contribution in [3.8, 4) is 16.6 Å². The van der Waals surface area contributed by atoms with Gasteiger partial charge >= 0.3 is 0 Å². The maximum absolute atomic E-state index is 12.0. The molecule has 3 aromatic heterocycles. The predicted octanol–water partition coefficient (Wildman–Crippen LogP) is 3.20. The number of aromatic nitrogens is 3. The van der Waals surface area contributed by atoms with Crippen LogP contribution < -0.4 is 5.32 Å². The number of thiophene rings is 1. The number of carbonyl (C=O) groups excluding carboxylic acids is 1. The first-order chi connectivity index (χ1) is 11.8. The number of nitrogens with one attached hydrogen (secondary N) is 1. The minimum atomic E-state index is -0.251. The van der Waals surface area contributed by atoms with Crippen LogP contribution in [0.2, 0.25) is 0 Å². The third kappa shape index (κ3) is 3.95. The molecule has 0 unspecified atom stereocenters. The first-order valence-corrected chi connectivity index (χ1v) is 8.77. The highest BCUT2D eigenvalue weighted by Crippen LogP contribution is 2.27. The molecule has 0 atom stereocenters. The van der Waals surface area contributed by atoms with E-state index in [4.69, 9.17) is 0 Å². The van der Waals surface area contributed by atoms with Crippen molar-refractivity contribution >= 4 is 35.0 Å². The van der Waals surface area contributed by atoms with Gasteiger partial charge in [0.25, 0.3) is 0 Å². The molecule has 0 aliphatic carbocycles. The summed E-state index contributed by atoms with van der Waals surface area (Å²) in [5, 5.41) is 14.3. The summed E-state index contributed by atoms with van der Waals surface area (Å²) in [5.41, 5.74) is 1.24. The van der Waals surface area contributed by atoms with Gasteiger partial charge in [-0.2, -0.15) is 5.26 Å². The zero-order valence-corrected chi connectivity index (χ0v) is 14.0. The van der Waals surface area contributed by atoms with E-state index in [1.807, 2.05) is 23.6 Å². The van der Waals surface area contributed by atoms with E-state index in [0.29, 0.717) is 10.6 Å². The Balaban J connectivity index is 1.71. The standard InChI is InChI=1S/C16H11N5OS2/c17-9-11-4-5-12(13-3-1-8-23-13)20-15(11)24-10-14(22)21-16-18-6-2-7-19-16/h1-8H,10H2,(H,18,19,21,22). The molecule has 3 aromatic rings. The van der Waals surface area contributed by atoms with Crippen molar-refractivity contribution in [2.24, 2.45) is 0 Å². The monoisotopic (exact) mass is 353 g/mol. The smallest absolute Gasteiger partial charge is 0.237 e. The van der Waals surface area contributed by atoms with E-state index in [-0.39, 0.29) is 17.6 Å². The molecule has 0 aromatic carbocycles. The van der Waals surface area contributed by atoms with Gasteiger partial charge in [-0.15, -0.1) is 11.3 Å². The van der Waals surface area contributed by atoms with Crippen LogP contribution in [0.4, 0.5) is 5.95 Å². The number of anilines is 1. The summed E-state index contributed by atoms with van der Waals surface area (Å²) >= 11 is 2.79. The molecular formula is C16H11N5OS2. The zero-order valence-electron chi connectivity index (χ0n) is 12.3. The Morgan fingerprint density at radius 1 is 1.25 bits per heavy atom. The van der Waals surface area contributed by atoms with Crippen molar-refractivity contribution in [1.82, 2.24) is 15.0 Å². The summed E-state index contributed by atoms with van der Waals surface area (Å²) in [6.45, 7) is 0. The highest BCUT2D eigenvalue weighted by Gasteiger charge is 2.11. The van der Waals surface area contributed by atoms with Crippen molar-refractivity contribution in [2.75, 3.05) is 11.1 Å². The largest absolute Gasteiger partial charge is 0.294 e. The molecule has 0 saturated carbocycles. The number of nitriles is 1. The number of hydrogen-bond donors (Lipinski definition) is 1. The third-order valence-corrected chi connectivity index (χ3v) is 4.79. The van der Waals surface area contributed by atoms with E-state index in [2.05, 4.69) is 26.3 Å². The summed E-state index contributed by atoms with van der Waals surface area (Å²) in [5.74, 6) is 0.121. The van der Waals surface area contributed by atoms with Gasteiger partial charge < -0.3 is 0 Å². The van der Waals surface area contributed by atoms with Gasteiger partial charge in [-0.05, 0) is 29.6 Å². The van der Waals surface area contributed by atoms with E-state index in [0.717, 1.165) is 10.6 Å². The van der Waals surface area contributed by atoms with Gasteiger partial charge in [0.2, 0.25) is 11.9 Å². The Hall–Kier alpha value is -2.76. The Morgan fingerprint density at radius 2 is 2.08 bits per heavy atom. The second-order valence-corrected chi connectivity index (χ2v) is 6.46. The van der Waals surface area contributed by atoms with Crippen LogP contribution in [0.15, 0.2) is 53.1 Å². The Kier molecular flexibility index (Phi) is 5.15. The van der Waals surface area contributed by atoms with Gasteiger partial charge in [0, 0.05) is 12.4 Å². The molecule has 3 rings (SSSR count). The number of nitrogens with zero attached hydrogens (tertiary/aromatic N) is 4. The molecular weight excluding hydrogens is 342 g/mol. The van der Waals surface area contributed by atoms with Crippen molar-refractivity contribution in [2.45, 2.75) is 5.03 Å². The summed E-state index contributed by atoms with van der Waals surface area (Å²) in [7, 11) is 0. The zero-order chi connectivity index (χ0) is 16.8. The number of hydrogen-bond acceptors (Lipinski definition) is 7. The summed E-state index contributed by atoms with van der Waals surface area (Å²) < 4.78 is 0. The van der Waals surface area contributed by atoms with Gasteiger partial charge in [0.05, 0.1) is 21.9 Å². The average Bonchev–Trinajstić information content (AvgIpc) is 3.15. The quantitative estimate of drug-likeness (QED) is 0.708. The molecule has 0 aliphatic heterocycles. The highest BCUT2D eigenvalue weighted by atomic mass is 32.2. The first-order valence-electron chi connectivity index (χ1n) is 6.91. The molecule has 118 valence electrons. The van der Waals surface area contributed by atoms with Gasteiger partial charge in [-0.25, -0.2) is 15.0 Å². The predicted molar refractivity (Wildman–Crippen MR) is 93.7 cm³/mol. The van der Waals surface area contributed by atoms with E-state index >= 15 is 0 Å². The van der Waals surface area contributed by atoms with Crippen LogP contribution in [0.5, 0.6) is 0 Å². The normalized spacial score (nSPS) is 10.1. The van der Waals surface area contributed by atoms with Crippen molar-refractivity contribution < 1.29 is 4.79 Å². The minimum absolute atomic E-state index is 0.119. The van der Waals surface area contributed by atoms with E-state index in [1.54, 1.807) is 35.9 Å². The topological polar surface area (TPSA) is 91.6 Å². The molecule has 6 nitrogen and oxygen atoms in total. The van der Waals surface area contributed by atoms with E-state index in [1.165, 1.54) is 11.8 Å². The minimum Gasteiger partial charge on any atom is -0.294 e. The van der Waals surface area contributed by atoms with Gasteiger partial charge in [-0.1, -0.05) is 17.8 Å². The second-order valence-electron chi connectivity index (χ2n) is 4.55. The number of pyridine rings is 1. The Labute approximate surface area is 146 Å². The molecule has 1 N–H and O–H groups in total. The summed E-state index contributed by atoms with van der Waals surface area (Å²) in [6.07, 6.45) is 3.10. The third-order valence-electron chi connectivity index (χ3n) is 2.91. The average molecular weight is 353 g/mol. The van der Waals surface area contributed by atoms with E-state index < -0.39 is 0 Å². The molecule has 1 amide bonds. The van der Waals surface area contributed by atoms with Crippen LogP contribution in [0.1, 0.15) is 5.56 Å².